The molecule has 0 spiro atoms. The number of carbonyl (C=O) groups is 4. The molecule has 4 amide bonds. The number of urea groups is 1. The van der Waals surface area contributed by atoms with E-state index in [-0.39, 0.29) is 0 Å². The summed E-state index contributed by atoms with van der Waals surface area (Å²) >= 11 is 1.37. The van der Waals surface area contributed by atoms with Crippen molar-refractivity contribution in [2.45, 2.75) is 51.0 Å². The van der Waals surface area contributed by atoms with Crippen LogP contribution in [-0.4, -0.2) is 42.4 Å². The summed E-state index contributed by atoms with van der Waals surface area (Å²) in [4.78, 5) is 53.4. The van der Waals surface area contributed by atoms with Gasteiger partial charge >= 0.3 is 12.0 Å². The van der Waals surface area contributed by atoms with Gasteiger partial charge in [0.25, 0.3) is 5.91 Å². The van der Waals surface area contributed by atoms with Gasteiger partial charge < -0.3 is 15.4 Å². The fourth-order valence-electron chi connectivity index (χ4n) is 4.59. The number of thiophene rings is 1. The van der Waals surface area contributed by atoms with E-state index in [0.717, 1.165) is 47.4 Å². The highest BCUT2D eigenvalue weighted by Gasteiger charge is 2.51. The molecule has 1 aromatic heterocycles. The maximum absolute atomic E-state index is 13.3. The molecule has 0 saturated carbocycles. The number of imide groups is 1. The summed E-state index contributed by atoms with van der Waals surface area (Å²) in [6.07, 6.45) is 5.06. The Morgan fingerprint density at radius 3 is 2.58 bits per heavy atom. The van der Waals surface area contributed by atoms with Gasteiger partial charge in [0, 0.05) is 4.88 Å². The van der Waals surface area contributed by atoms with Crippen LogP contribution in [0.1, 0.15) is 59.0 Å². The van der Waals surface area contributed by atoms with Crippen molar-refractivity contribution >= 4 is 40.2 Å². The summed E-state index contributed by atoms with van der Waals surface area (Å²) < 4.78 is 4.97. The normalized spacial score (nSPS) is 20.1. The third kappa shape index (κ3) is 4.13. The first-order valence-electron chi connectivity index (χ1n) is 11.1. The van der Waals surface area contributed by atoms with Gasteiger partial charge in [0.05, 0.1) is 12.7 Å². The molecule has 0 unspecified atom stereocenters. The standard InChI is InChI=1S/C24H27N3O5S/c1-3-24(15-10-6-4-7-11-15)22(30)27(23(31)26-24)14-18(28)25-20-19(21(29)32-2)16-12-8-5-9-13-17(16)33-20/h4,6-7,10-11H,3,5,8-9,12-14H2,1-2H3,(H,25,28)(H,26,31)/t24-/m1/s1. The monoisotopic (exact) mass is 469 g/mol. The van der Waals surface area contributed by atoms with Crippen LogP contribution in [0.5, 0.6) is 0 Å². The zero-order chi connectivity index (χ0) is 23.6. The maximum Gasteiger partial charge on any atom is 0.341 e. The molecule has 174 valence electrons. The molecule has 1 saturated heterocycles. The Kier molecular flexibility index (Phi) is 6.51. The van der Waals surface area contributed by atoms with E-state index in [1.54, 1.807) is 24.3 Å². The number of hydrogen-bond donors (Lipinski definition) is 2. The number of benzene rings is 1. The number of ether oxygens (including phenoxy) is 1. The minimum atomic E-state index is -1.20. The largest absolute Gasteiger partial charge is 0.465 e. The third-order valence-corrected chi connectivity index (χ3v) is 7.55. The van der Waals surface area contributed by atoms with Gasteiger partial charge in [0.15, 0.2) is 0 Å². The number of amides is 4. The van der Waals surface area contributed by atoms with Crippen LogP contribution in [0.2, 0.25) is 0 Å². The number of anilines is 1. The number of rotatable bonds is 6. The number of methoxy groups -OCH3 is 1. The molecule has 2 N–H and O–H groups in total. The predicted octanol–water partition coefficient (Wildman–Crippen LogP) is 3.60. The summed E-state index contributed by atoms with van der Waals surface area (Å²) in [6, 6.07) is 8.39. The van der Waals surface area contributed by atoms with E-state index < -0.39 is 35.9 Å². The van der Waals surface area contributed by atoms with Crippen molar-refractivity contribution in [1.29, 1.82) is 0 Å². The van der Waals surface area contributed by atoms with Gasteiger partial charge in [-0.25, -0.2) is 9.59 Å². The average Bonchev–Trinajstić information content (AvgIpc) is 3.16. The first-order chi connectivity index (χ1) is 15.9. The molecule has 9 heteroatoms. The molecule has 2 aliphatic rings. The minimum absolute atomic E-state index is 0.351. The Balaban J connectivity index is 1.56. The second kappa shape index (κ2) is 9.35. The number of hydrogen-bond acceptors (Lipinski definition) is 6. The van der Waals surface area contributed by atoms with Crippen molar-refractivity contribution in [3.8, 4) is 0 Å². The van der Waals surface area contributed by atoms with E-state index in [0.29, 0.717) is 22.5 Å². The molecule has 0 bridgehead atoms. The van der Waals surface area contributed by atoms with Gasteiger partial charge in [-0.3, -0.25) is 14.5 Å². The fraction of sp³-hybridized carbons (Fsp3) is 0.417. The van der Waals surface area contributed by atoms with Crippen LogP contribution >= 0.6 is 11.3 Å². The van der Waals surface area contributed by atoms with Crippen LogP contribution in [0.25, 0.3) is 0 Å². The van der Waals surface area contributed by atoms with E-state index in [4.69, 9.17) is 4.74 Å². The van der Waals surface area contributed by atoms with E-state index in [1.807, 2.05) is 13.0 Å². The number of nitrogens with zero attached hydrogens (tertiary/aromatic N) is 1. The molecular formula is C24H27N3O5S. The quantitative estimate of drug-likeness (QED) is 0.382. The van der Waals surface area contributed by atoms with Crippen LogP contribution in [0.15, 0.2) is 30.3 Å². The zero-order valence-corrected chi connectivity index (χ0v) is 19.5. The van der Waals surface area contributed by atoms with Gasteiger partial charge in [0.2, 0.25) is 5.91 Å². The van der Waals surface area contributed by atoms with Crippen molar-refractivity contribution < 1.29 is 23.9 Å². The molecular weight excluding hydrogens is 442 g/mol. The second-order valence-electron chi connectivity index (χ2n) is 8.25. The smallest absolute Gasteiger partial charge is 0.341 e. The number of carbonyl (C=O) groups excluding carboxylic acids is 4. The van der Waals surface area contributed by atoms with Crippen molar-refractivity contribution in [3.05, 3.63) is 51.9 Å². The summed E-state index contributed by atoms with van der Waals surface area (Å²) in [5.41, 5.74) is 0.792. The predicted molar refractivity (Wildman–Crippen MR) is 124 cm³/mol. The minimum Gasteiger partial charge on any atom is -0.465 e. The van der Waals surface area contributed by atoms with Crippen LogP contribution in [0, 0.1) is 0 Å². The Labute approximate surface area is 196 Å². The average molecular weight is 470 g/mol. The number of aryl methyl sites for hydroxylation is 1. The van der Waals surface area contributed by atoms with Crippen molar-refractivity contribution in [3.63, 3.8) is 0 Å². The Bertz CT molecular complexity index is 1100. The summed E-state index contributed by atoms with van der Waals surface area (Å²) in [6.45, 7) is 1.37. The highest BCUT2D eigenvalue weighted by Crippen LogP contribution is 2.38. The van der Waals surface area contributed by atoms with Crippen LogP contribution in [-0.2, 0) is 32.7 Å². The van der Waals surface area contributed by atoms with E-state index >= 15 is 0 Å². The van der Waals surface area contributed by atoms with Crippen LogP contribution in [0.4, 0.5) is 9.80 Å². The third-order valence-electron chi connectivity index (χ3n) is 6.34. The number of nitrogens with one attached hydrogen (secondary N) is 2. The highest BCUT2D eigenvalue weighted by atomic mass is 32.1. The Morgan fingerprint density at radius 1 is 1.15 bits per heavy atom. The molecule has 1 aliphatic heterocycles. The molecule has 2 aromatic rings. The fourth-order valence-corrected chi connectivity index (χ4v) is 5.88. The topological polar surface area (TPSA) is 105 Å². The van der Waals surface area contributed by atoms with Gasteiger partial charge in [0.1, 0.15) is 17.1 Å². The van der Waals surface area contributed by atoms with Crippen molar-refractivity contribution in [2.75, 3.05) is 19.0 Å². The van der Waals surface area contributed by atoms with Gasteiger partial charge in [-0.2, -0.15) is 0 Å². The lowest BCUT2D eigenvalue weighted by molar-refractivity contribution is -0.134. The van der Waals surface area contributed by atoms with E-state index in [9.17, 15) is 19.2 Å². The van der Waals surface area contributed by atoms with Gasteiger partial charge in [-0.1, -0.05) is 43.7 Å². The van der Waals surface area contributed by atoms with E-state index in [2.05, 4.69) is 10.6 Å². The number of esters is 1. The molecule has 1 fully saturated rings. The number of fused-ring (bicyclic) bond motifs is 1. The zero-order valence-electron chi connectivity index (χ0n) is 18.7. The molecule has 1 aromatic carbocycles. The maximum atomic E-state index is 13.3. The first kappa shape index (κ1) is 23.0. The van der Waals surface area contributed by atoms with E-state index in [1.165, 1.54) is 18.4 Å². The summed E-state index contributed by atoms with van der Waals surface area (Å²) in [7, 11) is 1.32. The lowest BCUT2D eigenvalue weighted by Gasteiger charge is -2.25. The van der Waals surface area contributed by atoms with Crippen molar-refractivity contribution in [2.24, 2.45) is 0 Å². The SMILES string of the molecule is CC[C@]1(c2ccccc2)NC(=O)N(CC(=O)Nc2sc3c(c2C(=O)OC)CCCCC3)C1=O. The summed E-state index contributed by atoms with van der Waals surface area (Å²) in [5.74, 6) is -1.50. The van der Waals surface area contributed by atoms with Crippen LogP contribution < -0.4 is 10.6 Å². The van der Waals surface area contributed by atoms with Crippen molar-refractivity contribution in [1.82, 2.24) is 10.2 Å². The molecule has 2 heterocycles. The lowest BCUT2D eigenvalue weighted by Crippen LogP contribution is -2.44. The first-order valence-corrected chi connectivity index (χ1v) is 11.9. The highest BCUT2D eigenvalue weighted by molar-refractivity contribution is 7.17. The molecule has 4 rings (SSSR count). The molecule has 8 nitrogen and oxygen atoms in total. The molecule has 1 aliphatic carbocycles. The molecule has 33 heavy (non-hydrogen) atoms. The van der Waals surface area contributed by atoms with Gasteiger partial charge in [-0.05, 0) is 43.2 Å². The van der Waals surface area contributed by atoms with Gasteiger partial charge in [-0.15, -0.1) is 11.3 Å². The Hall–Kier alpha value is -3.20. The van der Waals surface area contributed by atoms with Crippen LogP contribution in [0.3, 0.4) is 0 Å². The summed E-state index contributed by atoms with van der Waals surface area (Å²) in [5, 5.41) is 5.95. The molecule has 1 atom stereocenters. The molecule has 0 radical (unpaired) electrons. The Morgan fingerprint density at radius 2 is 1.88 bits per heavy atom. The lowest BCUT2D eigenvalue weighted by atomic mass is 9.87. The second-order valence-corrected chi connectivity index (χ2v) is 9.36.